The van der Waals surface area contributed by atoms with Gasteiger partial charge in [-0.25, -0.2) is 4.79 Å². The highest BCUT2D eigenvalue weighted by molar-refractivity contribution is 5.76. The molecule has 0 spiro atoms. The first kappa shape index (κ1) is 14.8. The molecule has 2 amide bonds. The standard InChI is InChI=1S/C13H24N2O3/c1-8(2)11(12(16)17)7-14-13(18)15-10-5-4-9(3)6-10/h8-11H,4-7H2,1-3H3,(H,16,17)(H2,14,15,18). The summed E-state index contributed by atoms with van der Waals surface area (Å²) in [4.78, 5) is 22.6. The van der Waals surface area contributed by atoms with E-state index in [0.717, 1.165) is 19.3 Å². The molecular formula is C13H24N2O3. The summed E-state index contributed by atoms with van der Waals surface area (Å²) in [6.07, 6.45) is 3.18. The van der Waals surface area contributed by atoms with Gasteiger partial charge in [0.2, 0.25) is 0 Å². The quantitative estimate of drug-likeness (QED) is 0.702. The monoisotopic (exact) mass is 256 g/mol. The van der Waals surface area contributed by atoms with Crippen molar-refractivity contribution in [2.24, 2.45) is 17.8 Å². The van der Waals surface area contributed by atoms with E-state index in [1.807, 2.05) is 13.8 Å². The van der Waals surface area contributed by atoms with Crippen LogP contribution in [0.4, 0.5) is 4.79 Å². The topological polar surface area (TPSA) is 78.4 Å². The summed E-state index contributed by atoms with van der Waals surface area (Å²) in [5.74, 6) is -0.718. The Morgan fingerprint density at radius 2 is 2.00 bits per heavy atom. The van der Waals surface area contributed by atoms with Crippen LogP contribution in [-0.4, -0.2) is 29.7 Å². The van der Waals surface area contributed by atoms with Crippen LogP contribution in [0.3, 0.4) is 0 Å². The van der Waals surface area contributed by atoms with Gasteiger partial charge in [-0.05, 0) is 31.1 Å². The Morgan fingerprint density at radius 3 is 2.44 bits per heavy atom. The van der Waals surface area contributed by atoms with Gasteiger partial charge < -0.3 is 15.7 Å². The second-order valence-corrected chi connectivity index (χ2v) is 5.66. The summed E-state index contributed by atoms with van der Waals surface area (Å²) in [5.41, 5.74) is 0. The highest BCUT2D eigenvalue weighted by Crippen LogP contribution is 2.24. The molecule has 0 aliphatic heterocycles. The van der Waals surface area contributed by atoms with Crippen molar-refractivity contribution < 1.29 is 14.7 Å². The molecule has 1 rings (SSSR count). The number of nitrogens with one attached hydrogen (secondary N) is 2. The van der Waals surface area contributed by atoms with Crippen molar-refractivity contribution >= 4 is 12.0 Å². The molecule has 3 unspecified atom stereocenters. The number of carboxylic acid groups (broad SMARTS) is 1. The minimum Gasteiger partial charge on any atom is -0.481 e. The van der Waals surface area contributed by atoms with E-state index < -0.39 is 11.9 Å². The SMILES string of the molecule is CC1CCC(NC(=O)NCC(C(=O)O)C(C)C)C1. The number of rotatable bonds is 5. The third kappa shape index (κ3) is 4.55. The third-order valence-corrected chi connectivity index (χ3v) is 3.63. The van der Waals surface area contributed by atoms with Gasteiger partial charge in [0.15, 0.2) is 0 Å². The number of urea groups is 1. The molecule has 3 atom stereocenters. The van der Waals surface area contributed by atoms with Crippen LogP contribution in [0.15, 0.2) is 0 Å². The number of hydrogen-bond acceptors (Lipinski definition) is 2. The Bertz CT molecular complexity index is 305. The van der Waals surface area contributed by atoms with E-state index >= 15 is 0 Å². The maximum Gasteiger partial charge on any atom is 0.315 e. The Balaban J connectivity index is 2.29. The van der Waals surface area contributed by atoms with Crippen LogP contribution in [0.25, 0.3) is 0 Å². The lowest BCUT2D eigenvalue weighted by Crippen LogP contribution is -2.44. The van der Waals surface area contributed by atoms with E-state index in [2.05, 4.69) is 17.6 Å². The zero-order valence-electron chi connectivity index (χ0n) is 11.4. The van der Waals surface area contributed by atoms with E-state index in [1.165, 1.54) is 0 Å². The molecule has 0 aromatic rings. The summed E-state index contributed by atoms with van der Waals surface area (Å²) in [6.45, 7) is 6.05. The summed E-state index contributed by atoms with van der Waals surface area (Å²) in [5, 5.41) is 14.6. The maximum atomic E-state index is 11.6. The average molecular weight is 256 g/mol. The van der Waals surface area contributed by atoms with Gasteiger partial charge in [-0.15, -0.1) is 0 Å². The first-order valence-electron chi connectivity index (χ1n) is 6.67. The predicted octanol–water partition coefficient (Wildman–Crippen LogP) is 1.83. The number of carbonyl (C=O) groups excluding carboxylic acids is 1. The average Bonchev–Trinajstić information content (AvgIpc) is 2.62. The van der Waals surface area contributed by atoms with Crippen LogP contribution in [0.5, 0.6) is 0 Å². The molecule has 5 heteroatoms. The zero-order chi connectivity index (χ0) is 13.7. The molecular weight excluding hydrogens is 232 g/mol. The first-order valence-corrected chi connectivity index (χ1v) is 6.67. The molecule has 0 radical (unpaired) electrons. The lowest BCUT2D eigenvalue weighted by molar-refractivity contribution is -0.142. The zero-order valence-corrected chi connectivity index (χ0v) is 11.4. The fourth-order valence-electron chi connectivity index (χ4n) is 2.39. The number of aliphatic carboxylic acids is 1. The molecule has 18 heavy (non-hydrogen) atoms. The van der Waals surface area contributed by atoms with E-state index in [0.29, 0.717) is 5.92 Å². The third-order valence-electron chi connectivity index (χ3n) is 3.63. The van der Waals surface area contributed by atoms with Gasteiger partial charge in [0.05, 0.1) is 5.92 Å². The molecule has 1 saturated carbocycles. The smallest absolute Gasteiger partial charge is 0.315 e. The fourth-order valence-corrected chi connectivity index (χ4v) is 2.39. The minimum atomic E-state index is -0.861. The van der Waals surface area contributed by atoms with Crippen molar-refractivity contribution in [3.8, 4) is 0 Å². The number of carboxylic acids is 1. The van der Waals surface area contributed by atoms with E-state index in [-0.39, 0.29) is 24.5 Å². The molecule has 0 aromatic heterocycles. The van der Waals surface area contributed by atoms with Gasteiger partial charge in [-0.3, -0.25) is 4.79 Å². The molecule has 0 heterocycles. The fraction of sp³-hybridized carbons (Fsp3) is 0.846. The number of hydrogen-bond donors (Lipinski definition) is 3. The van der Waals surface area contributed by atoms with Crippen molar-refractivity contribution in [2.75, 3.05) is 6.54 Å². The normalized spacial score (nSPS) is 24.9. The van der Waals surface area contributed by atoms with Crippen molar-refractivity contribution in [3.63, 3.8) is 0 Å². The highest BCUT2D eigenvalue weighted by Gasteiger charge is 2.24. The van der Waals surface area contributed by atoms with Crippen LogP contribution >= 0.6 is 0 Å². The van der Waals surface area contributed by atoms with Crippen molar-refractivity contribution in [2.45, 2.75) is 46.1 Å². The van der Waals surface area contributed by atoms with Gasteiger partial charge in [0, 0.05) is 12.6 Å². The van der Waals surface area contributed by atoms with Crippen LogP contribution in [-0.2, 0) is 4.79 Å². The molecule has 1 fully saturated rings. The number of amides is 2. The van der Waals surface area contributed by atoms with Gasteiger partial charge in [-0.2, -0.15) is 0 Å². The molecule has 0 bridgehead atoms. The van der Waals surface area contributed by atoms with Crippen LogP contribution in [0.1, 0.15) is 40.0 Å². The summed E-state index contributed by atoms with van der Waals surface area (Å²) < 4.78 is 0. The first-order chi connectivity index (χ1) is 8.40. The minimum absolute atomic E-state index is 0.00861. The molecule has 0 saturated heterocycles. The number of carbonyl (C=O) groups is 2. The van der Waals surface area contributed by atoms with Crippen molar-refractivity contribution in [1.29, 1.82) is 0 Å². The molecule has 104 valence electrons. The van der Waals surface area contributed by atoms with Crippen LogP contribution in [0.2, 0.25) is 0 Å². The summed E-state index contributed by atoms with van der Waals surface area (Å²) >= 11 is 0. The van der Waals surface area contributed by atoms with Crippen molar-refractivity contribution in [1.82, 2.24) is 10.6 Å². The predicted molar refractivity (Wildman–Crippen MR) is 69.3 cm³/mol. The van der Waals surface area contributed by atoms with E-state index in [9.17, 15) is 9.59 Å². The lowest BCUT2D eigenvalue weighted by Gasteiger charge is -2.18. The van der Waals surface area contributed by atoms with Gasteiger partial charge in [-0.1, -0.05) is 20.8 Å². The molecule has 1 aliphatic rings. The van der Waals surface area contributed by atoms with Gasteiger partial charge in [0.1, 0.15) is 0 Å². The second kappa shape index (κ2) is 6.61. The Kier molecular flexibility index (Phi) is 5.44. The van der Waals surface area contributed by atoms with Crippen LogP contribution < -0.4 is 10.6 Å². The summed E-state index contributed by atoms with van der Waals surface area (Å²) in [6, 6.07) is -0.0108. The largest absolute Gasteiger partial charge is 0.481 e. The molecule has 0 aromatic carbocycles. The van der Waals surface area contributed by atoms with E-state index in [1.54, 1.807) is 0 Å². The Morgan fingerprint density at radius 1 is 1.33 bits per heavy atom. The van der Waals surface area contributed by atoms with Gasteiger partial charge in [0.25, 0.3) is 0 Å². The molecule has 5 nitrogen and oxygen atoms in total. The van der Waals surface area contributed by atoms with E-state index in [4.69, 9.17) is 5.11 Å². The Hall–Kier alpha value is -1.26. The Labute approximate surface area is 108 Å². The summed E-state index contributed by atoms with van der Waals surface area (Å²) in [7, 11) is 0. The molecule has 1 aliphatic carbocycles. The van der Waals surface area contributed by atoms with Gasteiger partial charge >= 0.3 is 12.0 Å². The lowest BCUT2D eigenvalue weighted by atomic mass is 9.96. The highest BCUT2D eigenvalue weighted by atomic mass is 16.4. The molecule has 3 N–H and O–H groups in total. The maximum absolute atomic E-state index is 11.6. The second-order valence-electron chi connectivity index (χ2n) is 5.66. The van der Waals surface area contributed by atoms with Crippen LogP contribution in [0, 0.1) is 17.8 Å². The van der Waals surface area contributed by atoms with Crippen molar-refractivity contribution in [3.05, 3.63) is 0 Å².